The Morgan fingerprint density at radius 2 is 1.06 bits per heavy atom. The Morgan fingerprint density at radius 1 is 0.660 bits per heavy atom. The maximum Gasteiger partial charge on any atom is 0.246 e. The summed E-state index contributed by atoms with van der Waals surface area (Å²) in [6.07, 6.45) is 8.57. The van der Waals surface area contributed by atoms with Gasteiger partial charge < -0.3 is 25.3 Å². The second-order valence-electron chi connectivity index (χ2n) is 13.8. The Labute approximate surface area is 283 Å². The minimum Gasteiger partial charge on any atom is -0.368 e. The lowest BCUT2D eigenvalue weighted by Gasteiger charge is -2.41. The number of hydrogen-bond acceptors (Lipinski definition) is 5. The summed E-state index contributed by atoms with van der Waals surface area (Å²) < 4.78 is 0. The van der Waals surface area contributed by atoms with Crippen LogP contribution in [0.4, 0.5) is 0 Å². The number of carbonyl (C=O) groups excluding carboxylic acids is 5. The molecule has 0 bridgehead atoms. The molecule has 1 aromatic rings. The number of nitrogens with zero attached hydrogens (tertiary/aromatic N) is 4. The molecule has 5 amide bonds. The van der Waals surface area contributed by atoms with Crippen LogP contribution < -0.4 is 5.73 Å². The number of primary amides is 1. The molecule has 0 spiro atoms. The summed E-state index contributed by atoms with van der Waals surface area (Å²) >= 11 is 0. The standard InChI is InChI=1S/C37H59N5O5/c1-13-14-15-17-20-27(8)34(44)40(10)31(25(4)5)36(46)42(12)32(26(6)7)37(47)41(11)30(24(2)3)35(45)39(9)29(33(38)43)23-28-21-18-16-19-22-28/h1,16,18-19,21-22,24-27,29-32H,14-15,17,20,23H2,2-12H3,(H2,38,43)/t27-,29+,30+,31+,32+/m1/s1. The number of rotatable bonds is 18. The highest BCUT2D eigenvalue weighted by Gasteiger charge is 2.42. The number of likely N-dealkylation sites (N-methyl/N-ethyl adjacent to an activating group) is 4. The van der Waals surface area contributed by atoms with Gasteiger partial charge in [0.25, 0.3) is 0 Å². The molecular weight excluding hydrogens is 594 g/mol. The van der Waals surface area contributed by atoms with Gasteiger partial charge in [-0.2, -0.15) is 0 Å². The first-order valence-electron chi connectivity index (χ1n) is 16.7. The Hall–Kier alpha value is -3.87. The molecule has 0 aliphatic carbocycles. The van der Waals surface area contributed by atoms with Crippen LogP contribution in [0.1, 0.15) is 79.7 Å². The molecule has 0 heterocycles. The normalized spacial score (nSPS) is 14.5. The van der Waals surface area contributed by atoms with Crippen LogP contribution in [0.25, 0.3) is 0 Å². The molecule has 5 atom stereocenters. The van der Waals surface area contributed by atoms with Crippen molar-refractivity contribution in [1.82, 2.24) is 19.6 Å². The van der Waals surface area contributed by atoms with Gasteiger partial charge in [-0.05, 0) is 36.2 Å². The molecule has 2 N–H and O–H groups in total. The van der Waals surface area contributed by atoms with Gasteiger partial charge in [-0.1, -0.05) is 85.2 Å². The first-order chi connectivity index (χ1) is 21.9. The summed E-state index contributed by atoms with van der Waals surface area (Å²) in [5.41, 5.74) is 6.61. The smallest absolute Gasteiger partial charge is 0.246 e. The van der Waals surface area contributed by atoms with Crippen molar-refractivity contribution in [2.75, 3.05) is 28.2 Å². The van der Waals surface area contributed by atoms with Crippen LogP contribution in [0.2, 0.25) is 0 Å². The van der Waals surface area contributed by atoms with Gasteiger partial charge in [0.1, 0.15) is 24.2 Å². The highest BCUT2D eigenvalue weighted by Crippen LogP contribution is 2.24. The number of amides is 5. The maximum absolute atomic E-state index is 14.2. The van der Waals surface area contributed by atoms with Gasteiger partial charge in [0, 0.05) is 47.0 Å². The summed E-state index contributed by atoms with van der Waals surface area (Å²) in [6.45, 7) is 13.0. The second kappa shape index (κ2) is 19.1. The lowest BCUT2D eigenvalue weighted by Crippen LogP contribution is -2.61. The zero-order chi connectivity index (χ0) is 36.2. The third-order valence-electron chi connectivity index (χ3n) is 8.99. The summed E-state index contributed by atoms with van der Waals surface area (Å²) in [4.78, 5) is 73.9. The van der Waals surface area contributed by atoms with Gasteiger partial charge in [-0.3, -0.25) is 24.0 Å². The van der Waals surface area contributed by atoms with E-state index in [1.54, 1.807) is 21.1 Å². The predicted octanol–water partition coefficient (Wildman–Crippen LogP) is 3.82. The molecule has 262 valence electrons. The van der Waals surface area contributed by atoms with Crippen molar-refractivity contribution >= 4 is 29.5 Å². The van der Waals surface area contributed by atoms with E-state index in [-0.39, 0.29) is 41.9 Å². The Balaban J connectivity index is 3.31. The average Bonchev–Trinajstić information content (AvgIpc) is 3.00. The molecule has 0 aromatic heterocycles. The number of terminal acetylenes is 1. The Morgan fingerprint density at radius 3 is 1.45 bits per heavy atom. The van der Waals surface area contributed by atoms with E-state index >= 15 is 0 Å². The van der Waals surface area contributed by atoms with E-state index in [2.05, 4.69) is 5.92 Å². The fourth-order valence-corrected chi connectivity index (χ4v) is 6.30. The molecule has 1 rings (SSSR count). The Kier molecular flexibility index (Phi) is 16.7. The van der Waals surface area contributed by atoms with Crippen molar-refractivity contribution in [2.24, 2.45) is 29.4 Å². The van der Waals surface area contributed by atoms with Gasteiger partial charge in [0.05, 0.1) is 0 Å². The lowest BCUT2D eigenvalue weighted by molar-refractivity contribution is -0.157. The topological polar surface area (TPSA) is 124 Å². The van der Waals surface area contributed by atoms with E-state index < -0.39 is 41.9 Å². The third kappa shape index (κ3) is 11.1. The van der Waals surface area contributed by atoms with E-state index in [0.29, 0.717) is 12.8 Å². The molecule has 0 radical (unpaired) electrons. The van der Waals surface area contributed by atoms with Gasteiger partial charge in [-0.25, -0.2) is 0 Å². The van der Waals surface area contributed by atoms with Crippen molar-refractivity contribution in [3.63, 3.8) is 0 Å². The van der Waals surface area contributed by atoms with E-state index in [1.807, 2.05) is 78.8 Å². The van der Waals surface area contributed by atoms with Crippen LogP contribution in [0.3, 0.4) is 0 Å². The largest absolute Gasteiger partial charge is 0.368 e. The predicted molar refractivity (Wildman–Crippen MR) is 187 cm³/mol. The van der Waals surface area contributed by atoms with E-state index in [4.69, 9.17) is 12.2 Å². The fourth-order valence-electron chi connectivity index (χ4n) is 6.30. The van der Waals surface area contributed by atoms with Gasteiger partial charge >= 0.3 is 0 Å². The molecule has 10 nitrogen and oxygen atoms in total. The van der Waals surface area contributed by atoms with Crippen molar-refractivity contribution in [2.45, 2.75) is 105 Å². The molecular formula is C37H59N5O5. The van der Waals surface area contributed by atoms with Crippen LogP contribution in [0.5, 0.6) is 0 Å². The van der Waals surface area contributed by atoms with Gasteiger partial charge in [0.2, 0.25) is 29.5 Å². The summed E-state index contributed by atoms with van der Waals surface area (Å²) in [6, 6.07) is 5.76. The third-order valence-corrected chi connectivity index (χ3v) is 8.99. The number of unbranched alkanes of at least 4 members (excludes halogenated alkanes) is 2. The van der Waals surface area contributed by atoms with Crippen LogP contribution in [0, 0.1) is 36.0 Å². The summed E-state index contributed by atoms with van der Waals surface area (Å²) in [5.74, 6) is -0.470. The summed E-state index contributed by atoms with van der Waals surface area (Å²) in [5, 5.41) is 0. The van der Waals surface area contributed by atoms with Crippen molar-refractivity contribution in [3.8, 4) is 12.3 Å². The number of nitrogens with two attached hydrogens (primary N) is 1. The number of hydrogen-bond donors (Lipinski definition) is 1. The van der Waals surface area contributed by atoms with Crippen LogP contribution in [-0.2, 0) is 30.4 Å². The van der Waals surface area contributed by atoms with Gasteiger partial charge in [0.15, 0.2) is 0 Å². The molecule has 0 aliphatic heterocycles. The maximum atomic E-state index is 14.2. The molecule has 0 saturated heterocycles. The molecule has 0 aliphatic rings. The van der Waals surface area contributed by atoms with Crippen molar-refractivity contribution < 1.29 is 24.0 Å². The van der Waals surface area contributed by atoms with Crippen LogP contribution in [-0.4, -0.2) is 101 Å². The quantitative estimate of drug-likeness (QED) is 0.191. The van der Waals surface area contributed by atoms with Crippen LogP contribution >= 0.6 is 0 Å². The molecule has 10 heteroatoms. The summed E-state index contributed by atoms with van der Waals surface area (Å²) in [7, 11) is 6.31. The molecule has 0 saturated carbocycles. The van der Waals surface area contributed by atoms with Crippen LogP contribution in [0.15, 0.2) is 30.3 Å². The highest BCUT2D eigenvalue weighted by atomic mass is 16.2. The van der Waals surface area contributed by atoms with Gasteiger partial charge in [-0.15, -0.1) is 12.3 Å². The van der Waals surface area contributed by atoms with E-state index in [9.17, 15) is 24.0 Å². The lowest BCUT2D eigenvalue weighted by atomic mass is 9.93. The Bertz CT molecular complexity index is 1240. The highest BCUT2D eigenvalue weighted by molar-refractivity contribution is 5.95. The number of benzene rings is 1. The molecule has 0 fully saturated rings. The molecule has 0 unspecified atom stereocenters. The minimum absolute atomic E-state index is 0.135. The molecule has 47 heavy (non-hydrogen) atoms. The minimum atomic E-state index is -0.921. The molecule has 1 aromatic carbocycles. The first kappa shape index (κ1) is 41.2. The second-order valence-corrected chi connectivity index (χ2v) is 13.8. The fraction of sp³-hybridized carbons (Fsp3) is 0.649. The SMILES string of the molecule is C#CCCCC[C@@H](C)C(=O)N(C)[C@H](C(=O)N(C)[C@H](C(=O)N(C)[C@H](C(=O)N(C)[C@@H](Cc1ccccc1)C(N)=O)C(C)C)C(C)C)C(C)C. The van der Waals surface area contributed by atoms with E-state index in [0.717, 1.165) is 18.4 Å². The first-order valence-corrected chi connectivity index (χ1v) is 16.7. The zero-order valence-corrected chi connectivity index (χ0v) is 30.5. The monoisotopic (exact) mass is 653 g/mol. The zero-order valence-electron chi connectivity index (χ0n) is 30.5. The van der Waals surface area contributed by atoms with Crippen molar-refractivity contribution in [3.05, 3.63) is 35.9 Å². The number of carbonyl (C=O) groups is 5. The van der Waals surface area contributed by atoms with Crippen molar-refractivity contribution in [1.29, 1.82) is 0 Å². The van der Waals surface area contributed by atoms with E-state index in [1.165, 1.54) is 26.6 Å². The average molecular weight is 654 g/mol.